The molecule has 1 aromatic rings. The van der Waals surface area contributed by atoms with Gasteiger partial charge in [-0.25, -0.2) is 9.37 Å². The van der Waals surface area contributed by atoms with E-state index in [-0.39, 0.29) is 5.82 Å². The van der Waals surface area contributed by atoms with Crippen LogP contribution in [0.3, 0.4) is 0 Å². The number of hydrogen-bond acceptors (Lipinski definition) is 3. The maximum Gasteiger partial charge on any atom is 0.141 e. The van der Waals surface area contributed by atoms with Gasteiger partial charge in [-0.15, -0.1) is 0 Å². The Bertz CT molecular complexity index is 355. The van der Waals surface area contributed by atoms with Gasteiger partial charge >= 0.3 is 0 Å². The van der Waals surface area contributed by atoms with Crippen molar-refractivity contribution in [3.05, 3.63) is 23.6 Å². The summed E-state index contributed by atoms with van der Waals surface area (Å²) in [6, 6.07) is 1.58. The van der Waals surface area contributed by atoms with Gasteiger partial charge in [-0.05, 0) is 26.0 Å². The topological polar surface area (TPSA) is 28.2 Å². The van der Waals surface area contributed by atoms with E-state index >= 15 is 0 Å². The molecule has 1 aromatic heterocycles. The Hall–Kier alpha value is -1.16. The van der Waals surface area contributed by atoms with Crippen LogP contribution in [0.1, 0.15) is 39.2 Å². The third-order valence-electron chi connectivity index (χ3n) is 2.94. The van der Waals surface area contributed by atoms with Crippen molar-refractivity contribution in [1.29, 1.82) is 0 Å². The fourth-order valence-corrected chi connectivity index (χ4v) is 1.91. The minimum absolute atomic E-state index is 0.266. The Labute approximate surface area is 109 Å². The first-order chi connectivity index (χ1) is 8.72. The Morgan fingerprint density at radius 1 is 1.33 bits per heavy atom. The van der Waals surface area contributed by atoms with E-state index in [1.165, 1.54) is 6.20 Å². The van der Waals surface area contributed by atoms with Crippen molar-refractivity contribution < 1.29 is 4.39 Å². The number of halogens is 1. The first kappa shape index (κ1) is 14.9. The zero-order valence-electron chi connectivity index (χ0n) is 11.7. The van der Waals surface area contributed by atoms with Gasteiger partial charge in [0.05, 0.1) is 6.20 Å². The summed E-state index contributed by atoms with van der Waals surface area (Å²) in [7, 11) is 0. The molecule has 0 atom stereocenters. The smallest absolute Gasteiger partial charge is 0.141 e. The van der Waals surface area contributed by atoms with Crippen LogP contribution in [-0.2, 0) is 6.54 Å². The Balaban J connectivity index is 2.89. The third kappa shape index (κ3) is 4.26. The van der Waals surface area contributed by atoms with Crippen molar-refractivity contribution in [3.63, 3.8) is 0 Å². The summed E-state index contributed by atoms with van der Waals surface area (Å²) in [4.78, 5) is 6.48. The number of aromatic nitrogens is 1. The van der Waals surface area contributed by atoms with Crippen molar-refractivity contribution >= 4 is 5.82 Å². The monoisotopic (exact) mass is 253 g/mol. The molecule has 0 aliphatic heterocycles. The van der Waals surface area contributed by atoms with Gasteiger partial charge < -0.3 is 10.2 Å². The fraction of sp³-hybridized carbons (Fsp3) is 0.643. The van der Waals surface area contributed by atoms with Crippen LogP contribution >= 0.6 is 0 Å². The Morgan fingerprint density at radius 2 is 2.11 bits per heavy atom. The minimum atomic E-state index is -0.266. The number of nitrogens with one attached hydrogen (secondary N) is 1. The van der Waals surface area contributed by atoms with E-state index in [1.807, 2.05) is 6.92 Å². The lowest BCUT2D eigenvalue weighted by Crippen LogP contribution is -2.27. The van der Waals surface area contributed by atoms with E-state index in [4.69, 9.17) is 0 Å². The van der Waals surface area contributed by atoms with E-state index in [1.54, 1.807) is 6.07 Å². The fourth-order valence-electron chi connectivity index (χ4n) is 1.91. The number of hydrogen-bond donors (Lipinski definition) is 1. The van der Waals surface area contributed by atoms with Crippen molar-refractivity contribution in [1.82, 2.24) is 10.3 Å². The molecule has 0 bridgehead atoms. The molecule has 0 saturated carbocycles. The van der Waals surface area contributed by atoms with E-state index in [0.29, 0.717) is 6.54 Å². The van der Waals surface area contributed by atoms with Crippen LogP contribution in [-0.4, -0.2) is 24.6 Å². The second-order valence-electron chi connectivity index (χ2n) is 4.35. The molecule has 1 N–H and O–H groups in total. The highest BCUT2D eigenvalue weighted by atomic mass is 19.1. The molecule has 102 valence electrons. The van der Waals surface area contributed by atoms with E-state index in [2.05, 4.69) is 29.0 Å². The molecule has 0 fully saturated rings. The zero-order chi connectivity index (χ0) is 13.4. The average Bonchev–Trinajstić information content (AvgIpc) is 2.38. The van der Waals surface area contributed by atoms with E-state index in [0.717, 1.165) is 43.9 Å². The van der Waals surface area contributed by atoms with Crippen molar-refractivity contribution in [2.75, 3.05) is 24.5 Å². The molecule has 4 heteroatoms. The molecule has 1 heterocycles. The van der Waals surface area contributed by atoms with Crippen LogP contribution in [0, 0.1) is 5.82 Å². The van der Waals surface area contributed by atoms with Gasteiger partial charge in [-0.1, -0.05) is 20.3 Å². The normalized spacial score (nSPS) is 10.7. The van der Waals surface area contributed by atoms with Crippen LogP contribution in [0.25, 0.3) is 0 Å². The highest BCUT2D eigenvalue weighted by molar-refractivity contribution is 5.46. The molecule has 0 radical (unpaired) electrons. The zero-order valence-corrected chi connectivity index (χ0v) is 11.7. The van der Waals surface area contributed by atoms with Crippen LogP contribution < -0.4 is 10.2 Å². The summed E-state index contributed by atoms with van der Waals surface area (Å²) in [5.74, 6) is 0.645. The molecule has 0 aliphatic carbocycles. The maximum atomic E-state index is 13.3. The standard InChI is InChI=1S/C14H24FN3/c1-4-7-8-18(6-3)14-12(10-16-5-2)9-13(15)11-17-14/h9,11,16H,4-8,10H2,1-3H3. The van der Waals surface area contributed by atoms with Crippen LogP contribution in [0.15, 0.2) is 12.3 Å². The average molecular weight is 253 g/mol. The number of nitrogens with zero attached hydrogens (tertiary/aromatic N) is 2. The first-order valence-corrected chi connectivity index (χ1v) is 6.82. The molecule has 18 heavy (non-hydrogen) atoms. The summed E-state index contributed by atoms with van der Waals surface area (Å²) in [6.45, 7) is 9.74. The summed E-state index contributed by atoms with van der Waals surface area (Å²) in [5.41, 5.74) is 0.940. The van der Waals surface area contributed by atoms with E-state index in [9.17, 15) is 4.39 Å². The second-order valence-corrected chi connectivity index (χ2v) is 4.35. The van der Waals surface area contributed by atoms with Gasteiger partial charge in [0.25, 0.3) is 0 Å². The second kappa shape index (κ2) is 8.03. The predicted octanol–water partition coefficient (Wildman–Crippen LogP) is 2.96. The predicted molar refractivity (Wildman–Crippen MR) is 74.4 cm³/mol. The van der Waals surface area contributed by atoms with Gasteiger partial charge in [0.15, 0.2) is 0 Å². The van der Waals surface area contributed by atoms with Gasteiger partial charge in [0.2, 0.25) is 0 Å². The summed E-state index contributed by atoms with van der Waals surface area (Å²) in [6.07, 6.45) is 3.59. The van der Waals surface area contributed by atoms with Gasteiger partial charge in [-0.2, -0.15) is 0 Å². The van der Waals surface area contributed by atoms with Crippen LogP contribution in [0.5, 0.6) is 0 Å². The number of rotatable bonds is 8. The minimum Gasteiger partial charge on any atom is -0.357 e. The van der Waals surface area contributed by atoms with Gasteiger partial charge in [-0.3, -0.25) is 0 Å². The van der Waals surface area contributed by atoms with E-state index < -0.39 is 0 Å². The molecule has 3 nitrogen and oxygen atoms in total. The Morgan fingerprint density at radius 3 is 2.72 bits per heavy atom. The molecule has 0 amide bonds. The lowest BCUT2D eigenvalue weighted by atomic mass is 10.2. The molecule has 0 spiro atoms. The third-order valence-corrected chi connectivity index (χ3v) is 2.94. The number of pyridine rings is 1. The van der Waals surface area contributed by atoms with Gasteiger partial charge in [0.1, 0.15) is 11.6 Å². The summed E-state index contributed by atoms with van der Waals surface area (Å²) < 4.78 is 13.3. The first-order valence-electron chi connectivity index (χ1n) is 6.82. The highest BCUT2D eigenvalue weighted by Gasteiger charge is 2.11. The van der Waals surface area contributed by atoms with Crippen LogP contribution in [0.2, 0.25) is 0 Å². The van der Waals surface area contributed by atoms with Gasteiger partial charge in [0, 0.05) is 25.2 Å². The lowest BCUT2D eigenvalue weighted by molar-refractivity contribution is 0.611. The quantitative estimate of drug-likeness (QED) is 0.772. The summed E-state index contributed by atoms with van der Waals surface area (Å²) >= 11 is 0. The number of unbranched alkanes of at least 4 members (excludes halogenated alkanes) is 1. The van der Waals surface area contributed by atoms with Crippen molar-refractivity contribution in [2.45, 2.75) is 40.2 Å². The molecule has 0 aliphatic rings. The largest absolute Gasteiger partial charge is 0.357 e. The number of anilines is 1. The molecular weight excluding hydrogens is 229 g/mol. The van der Waals surface area contributed by atoms with Crippen molar-refractivity contribution in [2.24, 2.45) is 0 Å². The highest BCUT2D eigenvalue weighted by Crippen LogP contribution is 2.19. The lowest BCUT2D eigenvalue weighted by Gasteiger charge is -2.24. The Kier molecular flexibility index (Phi) is 6.65. The van der Waals surface area contributed by atoms with Crippen LogP contribution in [0.4, 0.5) is 10.2 Å². The maximum absolute atomic E-state index is 13.3. The molecule has 1 rings (SSSR count). The van der Waals surface area contributed by atoms with Crippen molar-refractivity contribution in [3.8, 4) is 0 Å². The SMILES string of the molecule is CCCCN(CC)c1ncc(F)cc1CNCC. The molecule has 0 unspecified atom stereocenters. The summed E-state index contributed by atoms with van der Waals surface area (Å²) in [5, 5.41) is 3.23. The molecule has 0 saturated heterocycles. The molecular formula is C14H24FN3. The molecule has 0 aromatic carbocycles.